The van der Waals surface area contributed by atoms with Gasteiger partial charge < -0.3 is 9.05 Å². The molecule has 4 unspecified atom stereocenters. The summed E-state index contributed by atoms with van der Waals surface area (Å²) in [7, 11) is 0. The van der Waals surface area contributed by atoms with E-state index in [1.54, 1.807) is 0 Å². The van der Waals surface area contributed by atoms with E-state index in [2.05, 4.69) is 0 Å². The first-order valence-electron chi connectivity index (χ1n) is 9.58. The Bertz CT molecular complexity index is 706. The molecular weight excluding hydrogens is 450 g/mol. The van der Waals surface area contributed by atoms with Crippen LogP contribution in [0.2, 0.25) is 0 Å². The molecule has 0 saturated carbocycles. The maximum Gasteiger partial charge on any atom is 0.248 e. The van der Waals surface area contributed by atoms with Gasteiger partial charge in [0.25, 0.3) is 0 Å². The van der Waals surface area contributed by atoms with Gasteiger partial charge in [0.15, 0.2) is 23.3 Å². The van der Waals surface area contributed by atoms with E-state index in [1.165, 1.54) is 0 Å². The van der Waals surface area contributed by atoms with Crippen molar-refractivity contribution in [2.45, 2.75) is 78.3 Å². The Morgan fingerprint density at radius 3 is 1.90 bits per heavy atom. The second kappa shape index (κ2) is 12.0. The van der Waals surface area contributed by atoms with Gasteiger partial charge in [-0.15, -0.1) is 0 Å². The first kappa shape index (κ1) is 26.8. The second-order valence-electron chi connectivity index (χ2n) is 7.02. The summed E-state index contributed by atoms with van der Waals surface area (Å²) in [6.45, 7) is 9.64. The molecule has 10 heteroatoms. The third-order valence-corrected chi connectivity index (χ3v) is 9.94. The zero-order valence-electron chi connectivity index (χ0n) is 17.2. The lowest BCUT2D eigenvalue weighted by molar-refractivity contribution is 0.129. The summed E-state index contributed by atoms with van der Waals surface area (Å²) in [5.74, 6) is -10.2. The number of halogens is 5. The summed E-state index contributed by atoms with van der Waals surface area (Å²) < 4.78 is 80.2. The molecule has 0 N–H and O–H groups in total. The van der Waals surface area contributed by atoms with Crippen molar-refractivity contribution in [1.29, 1.82) is 0 Å². The molecule has 0 spiro atoms. The van der Waals surface area contributed by atoms with E-state index in [0.717, 1.165) is 37.1 Å². The lowest BCUT2D eigenvalue weighted by Gasteiger charge is -2.30. The SMILES string of the molecule is CCCCC(C)OP(=S)(OC(C)C(C)CC)SCc1c(F)c(F)c(F)c(F)c1F. The Labute approximate surface area is 178 Å². The highest BCUT2D eigenvalue weighted by Gasteiger charge is 2.31. The Hall–Kier alpha value is -0.210. The highest BCUT2D eigenvalue weighted by Crippen LogP contribution is 2.64. The van der Waals surface area contributed by atoms with E-state index in [1.807, 2.05) is 34.6 Å². The lowest BCUT2D eigenvalue weighted by atomic mass is 10.0. The van der Waals surface area contributed by atoms with Crippen LogP contribution in [0.25, 0.3) is 0 Å². The Balaban J connectivity index is 3.11. The van der Waals surface area contributed by atoms with Gasteiger partial charge in [-0.05, 0) is 38.0 Å². The normalized spacial score (nSPS) is 17.0. The molecule has 0 radical (unpaired) electrons. The quantitative estimate of drug-likeness (QED) is 0.132. The third kappa shape index (κ3) is 7.46. The molecule has 1 aromatic rings. The Morgan fingerprint density at radius 2 is 1.41 bits per heavy atom. The van der Waals surface area contributed by atoms with Crippen LogP contribution in [-0.4, -0.2) is 12.2 Å². The van der Waals surface area contributed by atoms with E-state index in [-0.39, 0.29) is 18.1 Å². The topological polar surface area (TPSA) is 18.5 Å². The largest absolute Gasteiger partial charge is 0.319 e. The number of benzene rings is 1. The van der Waals surface area contributed by atoms with Gasteiger partial charge >= 0.3 is 0 Å². The molecule has 0 saturated heterocycles. The van der Waals surface area contributed by atoms with Crippen LogP contribution in [0.4, 0.5) is 22.0 Å². The summed E-state index contributed by atoms with van der Waals surface area (Å²) in [6.07, 6.45) is 2.86. The average Bonchev–Trinajstić information content (AvgIpc) is 2.68. The van der Waals surface area contributed by atoms with Gasteiger partial charge in [0.1, 0.15) is 0 Å². The molecule has 0 aromatic heterocycles. The maximum absolute atomic E-state index is 14.0. The van der Waals surface area contributed by atoms with Crippen LogP contribution in [0, 0.1) is 35.0 Å². The van der Waals surface area contributed by atoms with E-state index in [9.17, 15) is 22.0 Å². The van der Waals surface area contributed by atoms with E-state index >= 15 is 0 Å². The smallest absolute Gasteiger partial charge is 0.248 e. The number of unbranched alkanes of at least 4 members (excludes halogenated alkanes) is 1. The molecule has 0 heterocycles. The fraction of sp³-hybridized carbons (Fsp3) is 0.684. The van der Waals surface area contributed by atoms with Crippen LogP contribution in [0.5, 0.6) is 0 Å². The number of hydrogen-bond acceptors (Lipinski definition) is 4. The van der Waals surface area contributed by atoms with Gasteiger partial charge in [-0.25, -0.2) is 22.0 Å². The van der Waals surface area contributed by atoms with E-state index < -0.39 is 46.1 Å². The minimum atomic E-state index is -3.11. The molecule has 1 aromatic carbocycles. The highest BCUT2D eigenvalue weighted by atomic mass is 32.9. The fourth-order valence-corrected chi connectivity index (χ4v) is 7.68. The minimum Gasteiger partial charge on any atom is -0.319 e. The van der Waals surface area contributed by atoms with Crippen LogP contribution in [0.15, 0.2) is 0 Å². The number of rotatable bonds is 12. The molecule has 0 amide bonds. The molecule has 29 heavy (non-hydrogen) atoms. The monoisotopic (exact) mass is 478 g/mol. The maximum atomic E-state index is 14.0. The summed E-state index contributed by atoms with van der Waals surface area (Å²) in [4.78, 5) is 0. The predicted octanol–water partition coefficient (Wildman–Crippen LogP) is 7.89. The van der Waals surface area contributed by atoms with Crippen molar-refractivity contribution in [2.24, 2.45) is 5.92 Å². The third-order valence-electron chi connectivity index (χ3n) is 4.68. The van der Waals surface area contributed by atoms with Crippen LogP contribution < -0.4 is 0 Å². The summed E-state index contributed by atoms with van der Waals surface area (Å²) in [5, 5.41) is 0. The van der Waals surface area contributed by atoms with Crippen molar-refractivity contribution >= 4 is 28.9 Å². The van der Waals surface area contributed by atoms with Gasteiger partial charge in [-0.3, -0.25) is 0 Å². The highest BCUT2D eigenvalue weighted by molar-refractivity contribution is 8.67. The molecule has 0 aliphatic rings. The van der Waals surface area contributed by atoms with Crippen LogP contribution >= 0.6 is 17.1 Å². The molecule has 0 aliphatic heterocycles. The van der Waals surface area contributed by atoms with Crippen molar-refractivity contribution in [3.63, 3.8) is 0 Å². The fourth-order valence-electron chi connectivity index (χ4n) is 2.41. The van der Waals surface area contributed by atoms with Crippen molar-refractivity contribution in [1.82, 2.24) is 0 Å². The lowest BCUT2D eigenvalue weighted by Crippen LogP contribution is -2.18. The van der Waals surface area contributed by atoms with Crippen LogP contribution in [0.3, 0.4) is 0 Å². The molecule has 0 fully saturated rings. The van der Waals surface area contributed by atoms with Crippen LogP contribution in [0.1, 0.15) is 65.9 Å². The van der Waals surface area contributed by atoms with Gasteiger partial charge in [0.2, 0.25) is 11.5 Å². The summed E-state index contributed by atoms with van der Waals surface area (Å²) >= 11 is 6.36. The van der Waals surface area contributed by atoms with Gasteiger partial charge in [-0.2, -0.15) is 0 Å². The molecule has 2 nitrogen and oxygen atoms in total. The van der Waals surface area contributed by atoms with Gasteiger partial charge in [-0.1, -0.05) is 51.4 Å². The number of hydrogen-bond donors (Lipinski definition) is 0. The van der Waals surface area contributed by atoms with Gasteiger partial charge in [0.05, 0.1) is 12.2 Å². The standard InChI is InChI=1S/C19H28F5O2PS2/c1-6-8-9-12(4)25-27(28,26-13(5)11(3)7-2)29-10-14-15(20)17(22)19(24)18(23)16(14)21/h11-13H,6-10H2,1-5H3. The Kier molecular flexibility index (Phi) is 11.1. The zero-order chi connectivity index (χ0) is 22.4. The summed E-state index contributed by atoms with van der Waals surface area (Å²) in [5.41, 5.74) is -4.03. The van der Waals surface area contributed by atoms with Crippen molar-refractivity contribution in [2.75, 3.05) is 0 Å². The molecule has 1 rings (SSSR count). The Morgan fingerprint density at radius 1 is 0.897 bits per heavy atom. The van der Waals surface area contributed by atoms with Gasteiger partial charge in [0, 0.05) is 11.3 Å². The van der Waals surface area contributed by atoms with Crippen molar-refractivity contribution < 1.29 is 31.0 Å². The minimum absolute atomic E-state index is 0.154. The molecule has 0 bridgehead atoms. The van der Waals surface area contributed by atoms with Crippen molar-refractivity contribution in [3.8, 4) is 0 Å². The predicted molar refractivity (Wildman–Crippen MR) is 112 cm³/mol. The second-order valence-corrected chi connectivity index (χ2v) is 13.2. The molecular formula is C19H28F5O2PS2. The van der Waals surface area contributed by atoms with Crippen molar-refractivity contribution in [3.05, 3.63) is 34.6 Å². The summed E-state index contributed by atoms with van der Waals surface area (Å²) in [6, 6.07) is 0. The van der Waals surface area contributed by atoms with E-state index in [4.69, 9.17) is 20.9 Å². The van der Waals surface area contributed by atoms with E-state index in [0.29, 0.717) is 0 Å². The first-order chi connectivity index (χ1) is 13.5. The molecule has 0 aliphatic carbocycles. The van der Waals surface area contributed by atoms with Crippen LogP contribution in [-0.2, 0) is 26.6 Å². The zero-order valence-corrected chi connectivity index (χ0v) is 19.8. The first-order valence-corrected chi connectivity index (χ1v) is 13.8. The average molecular weight is 479 g/mol. The molecule has 4 atom stereocenters. The molecule has 168 valence electrons.